The number of hydrogen-bond acceptors (Lipinski definition) is 4. The Morgan fingerprint density at radius 1 is 0.870 bits per heavy atom. The normalized spacial score (nSPS) is 13.9. The van der Waals surface area contributed by atoms with Gasteiger partial charge in [-0.25, -0.2) is 0 Å². The quantitative estimate of drug-likeness (QED) is 0.945. The first-order valence-electron chi connectivity index (χ1n) is 7.42. The number of carbonyl (C=O) groups excluding carboxylic acids is 2. The monoisotopic (exact) mass is 306 g/mol. The first-order valence-corrected chi connectivity index (χ1v) is 7.42. The second-order valence-electron chi connectivity index (χ2n) is 5.82. The summed E-state index contributed by atoms with van der Waals surface area (Å²) in [4.78, 5) is 27.3. The SMILES string of the molecule is Cc1cccc(NC2=C(N(C)C)C(=O)c3ccccc3C2=O)c1. The van der Waals surface area contributed by atoms with Gasteiger partial charge in [-0.15, -0.1) is 0 Å². The number of fused-ring (bicyclic) bond motifs is 1. The number of benzene rings is 2. The number of hydrogen-bond donors (Lipinski definition) is 1. The van der Waals surface area contributed by atoms with Crippen LogP contribution in [0.15, 0.2) is 59.9 Å². The average Bonchev–Trinajstić information content (AvgIpc) is 2.52. The van der Waals surface area contributed by atoms with Gasteiger partial charge in [0.05, 0.1) is 0 Å². The van der Waals surface area contributed by atoms with Gasteiger partial charge in [0.1, 0.15) is 11.4 Å². The summed E-state index contributed by atoms with van der Waals surface area (Å²) < 4.78 is 0. The van der Waals surface area contributed by atoms with E-state index in [0.717, 1.165) is 11.3 Å². The molecule has 0 heterocycles. The molecule has 0 atom stereocenters. The molecule has 0 fully saturated rings. The molecule has 0 aromatic heterocycles. The van der Waals surface area contributed by atoms with Gasteiger partial charge in [-0.2, -0.15) is 0 Å². The minimum Gasteiger partial charge on any atom is -0.373 e. The standard InChI is InChI=1S/C19H18N2O2/c1-12-7-6-8-13(11-12)20-16-17(21(2)3)19(23)15-10-5-4-9-14(15)18(16)22/h4-11,20H,1-3H3. The molecule has 0 unspecified atom stereocenters. The fraction of sp³-hybridized carbons (Fsp3) is 0.158. The predicted octanol–water partition coefficient (Wildman–Crippen LogP) is 3.26. The molecule has 0 saturated heterocycles. The van der Waals surface area contributed by atoms with Gasteiger partial charge >= 0.3 is 0 Å². The number of carbonyl (C=O) groups is 2. The zero-order valence-electron chi connectivity index (χ0n) is 13.4. The van der Waals surface area contributed by atoms with E-state index in [-0.39, 0.29) is 11.6 Å². The van der Waals surface area contributed by atoms with Crippen molar-refractivity contribution in [1.82, 2.24) is 4.90 Å². The van der Waals surface area contributed by atoms with Gasteiger partial charge in [-0.3, -0.25) is 9.59 Å². The smallest absolute Gasteiger partial charge is 0.212 e. The van der Waals surface area contributed by atoms with Gasteiger partial charge < -0.3 is 10.2 Å². The molecule has 2 aromatic rings. The summed E-state index contributed by atoms with van der Waals surface area (Å²) in [5, 5.41) is 3.14. The van der Waals surface area contributed by atoms with Crippen LogP contribution in [0.25, 0.3) is 0 Å². The Kier molecular flexibility index (Phi) is 3.74. The summed E-state index contributed by atoms with van der Waals surface area (Å²) in [5.74, 6) is -0.300. The molecule has 1 aliphatic carbocycles. The van der Waals surface area contributed by atoms with Crippen LogP contribution >= 0.6 is 0 Å². The minimum absolute atomic E-state index is 0.139. The molecule has 4 heteroatoms. The number of anilines is 1. The molecule has 0 radical (unpaired) electrons. The molecule has 1 aliphatic rings. The third-order valence-electron chi connectivity index (χ3n) is 3.83. The largest absolute Gasteiger partial charge is 0.373 e. The van der Waals surface area contributed by atoms with E-state index in [4.69, 9.17) is 0 Å². The van der Waals surface area contributed by atoms with E-state index in [1.54, 1.807) is 43.3 Å². The summed E-state index contributed by atoms with van der Waals surface area (Å²) in [7, 11) is 3.54. The van der Waals surface area contributed by atoms with Gasteiger partial charge in [-0.1, -0.05) is 36.4 Å². The number of nitrogens with one attached hydrogen (secondary N) is 1. The van der Waals surface area contributed by atoms with Crippen LogP contribution in [0.1, 0.15) is 26.3 Å². The predicted molar refractivity (Wildman–Crippen MR) is 90.6 cm³/mol. The van der Waals surface area contributed by atoms with Crippen LogP contribution in [0.4, 0.5) is 5.69 Å². The number of rotatable bonds is 3. The summed E-state index contributed by atoms with van der Waals surface area (Å²) >= 11 is 0. The molecular formula is C19H18N2O2. The van der Waals surface area contributed by atoms with Crippen LogP contribution in [0.5, 0.6) is 0 Å². The van der Waals surface area contributed by atoms with Crippen molar-refractivity contribution in [3.63, 3.8) is 0 Å². The van der Waals surface area contributed by atoms with E-state index in [0.29, 0.717) is 22.5 Å². The van der Waals surface area contributed by atoms with Crippen LogP contribution in [-0.2, 0) is 0 Å². The molecule has 0 amide bonds. The molecular weight excluding hydrogens is 288 g/mol. The highest BCUT2D eigenvalue weighted by atomic mass is 16.1. The maximum Gasteiger partial charge on any atom is 0.212 e. The highest BCUT2D eigenvalue weighted by molar-refractivity contribution is 6.27. The first-order chi connectivity index (χ1) is 11.0. The fourth-order valence-corrected chi connectivity index (χ4v) is 2.77. The zero-order valence-corrected chi connectivity index (χ0v) is 13.4. The third kappa shape index (κ3) is 2.63. The van der Waals surface area contributed by atoms with Crippen LogP contribution in [0.3, 0.4) is 0 Å². The second kappa shape index (κ2) is 5.72. The first kappa shape index (κ1) is 15.0. The lowest BCUT2D eigenvalue weighted by Crippen LogP contribution is -2.32. The molecule has 0 aliphatic heterocycles. The summed E-state index contributed by atoms with van der Waals surface area (Å²) in [6, 6.07) is 14.7. The number of aryl methyl sites for hydroxylation is 1. The lowest BCUT2D eigenvalue weighted by atomic mass is 9.89. The highest BCUT2D eigenvalue weighted by Gasteiger charge is 2.33. The Hall–Kier alpha value is -2.88. The fourth-order valence-electron chi connectivity index (χ4n) is 2.77. The van der Waals surface area contributed by atoms with Crippen LogP contribution in [0, 0.1) is 6.92 Å². The van der Waals surface area contributed by atoms with E-state index in [1.807, 2.05) is 31.2 Å². The van der Waals surface area contributed by atoms with Crippen molar-refractivity contribution in [3.05, 3.63) is 76.6 Å². The summed E-state index contributed by atoms with van der Waals surface area (Å²) in [6.07, 6.45) is 0. The van der Waals surface area contributed by atoms with Crippen molar-refractivity contribution >= 4 is 17.3 Å². The topological polar surface area (TPSA) is 49.4 Å². The number of nitrogens with zero attached hydrogens (tertiary/aromatic N) is 1. The minimum atomic E-state index is -0.162. The van der Waals surface area contributed by atoms with Gasteiger partial charge in [0, 0.05) is 30.9 Å². The Morgan fingerprint density at radius 2 is 1.52 bits per heavy atom. The molecule has 4 nitrogen and oxygen atoms in total. The van der Waals surface area contributed by atoms with Crippen molar-refractivity contribution < 1.29 is 9.59 Å². The van der Waals surface area contributed by atoms with E-state index >= 15 is 0 Å². The number of likely N-dealkylation sites (N-methyl/N-ethyl adjacent to an activating group) is 1. The van der Waals surface area contributed by atoms with Crippen molar-refractivity contribution in [2.45, 2.75) is 6.92 Å². The van der Waals surface area contributed by atoms with Crippen molar-refractivity contribution in [3.8, 4) is 0 Å². The van der Waals surface area contributed by atoms with E-state index in [1.165, 1.54) is 0 Å². The van der Waals surface area contributed by atoms with E-state index in [2.05, 4.69) is 5.32 Å². The van der Waals surface area contributed by atoms with Crippen LogP contribution in [-0.4, -0.2) is 30.6 Å². The molecule has 1 N–H and O–H groups in total. The maximum absolute atomic E-state index is 12.9. The summed E-state index contributed by atoms with van der Waals surface area (Å²) in [5.41, 5.74) is 3.48. The number of Topliss-reactive ketones (excluding diaryl/α,β-unsaturated/α-hetero) is 2. The Bertz CT molecular complexity index is 835. The average molecular weight is 306 g/mol. The number of ketones is 2. The van der Waals surface area contributed by atoms with Gasteiger partial charge in [0.2, 0.25) is 11.6 Å². The third-order valence-corrected chi connectivity index (χ3v) is 3.83. The van der Waals surface area contributed by atoms with Crippen LogP contribution in [0.2, 0.25) is 0 Å². The van der Waals surface area contributed by atoms with E-state index in [9.17, 15) is 9.59 Å². The maximum atomic E-state index is 12.9. The molecule has 3 rings (SSSR count). The number of allylic oxidation sites excluding steroid dienone is 2. The lowest BCUT2D eigenvalue weighted by Gasteiger charge is -2.26. The molecule has 2 aromatic carbocycles. The zero-order chi connectivity index (χ0) is 16.6. The van der Waals surface area contributed by atoms with Crippen molar-refractivity contribution in [2.75, 3.05) is 19.4 Å². The van der Waals surface area contributed by atoms with Gasteiger partial charge in [0.25, 0.3) is 0 Å². The van der Waals surface area contributed by atoms with Crippen molar-refractivity contribution in [2.24, 2.45) is 0 Å². The molecule has 0 spiro atoms. The van der Waals surface area contributed by atoms with Gasteiger partial charge in [0.15, 0.2) is 0 Å². The molecule has 116 valence electrons. The Balaban J connectivity index is 2.13. The van der Waals surface area contributed by atoms with Crippen molar-refractivity contribution in [1.29, 1.82) is 0 Å². The van der Waals surface area contributed by atoms with Gasteiger partial charge in [-0.05, 0) is 24.6 Å². The molecule has 23 heavy (non-hydrogen) atoms. The Labute approximate surface area is 135 Å². The second-order valence-corrected chi connectivity index (χ2v) is 5.82. The molecule has 0 saturated carbocycles. The summed E-state index contributed by atoms with van der Waals surface area (Å²) in [6.45, 7) is 1.98. The Morgan fingerprint density at radius 3 is 2.13 bits per heavy atom. The highest BCUT2D eigenvalue weighted by Crippen LogP contribution is 2.28. The lowest BCUT2D eigenvalue weighted by molar-refractivity contribution is 0.0953. The van der Waals surface area contributed by atoms with Crippen LogP contribution < -0.4 is 5.32 Å². The molecule has 0 bridgehead atoms. The van der Waals surface area contributed by atoms with E-state index < -0.39 is 0 Å².